The van der Waals surface area contributed by atoms with Gasteiger partial charge in [-0.3, -0.25) is 0 Å². The number of para-hydroxylation sites is 3. The maximum atomic E-state index is 6.58. The minimum atomic E-state index is -0.134. The van der Waals surface area contributed by atoms with E-state index in [0.717, 1.165) is 33.3 Å². The molecule has 69 heavy (non-hydrogen) atoms. The summed E-state index contributed by atoms with van der Waals surface area (Å²) in [4.78, 5) is 2.48. The van der Waals surface area contributed by atoms with Crippen LogP contribution >= 0.6 is 0 Å². The van der Waals surface area contributed by atoms with Gasteiger partial charge in [-0.15, -0.1) is 0 Å². The molecule has 0 bridgehead atoms. The van der Waals surface area contributed by atoms with Gasteiger partial charge in [-0.1, -0.05) is 160 Å². The van der Waals surface area contributed by atoms with Crippen molar-refractivity contribution in [3.05, 3.63) is 216 Å². The Morgan fingerprint density at radius 3 is 2.09 bits per heavy atom. The Bertz CT molecular complexity index is 4250. The average Bonchev–Trinajstić information content (AvgIpc) is 4.20. The van der Waals surface area contributed by atoms with E-state index in [2.05, 4.69) is 217 Å². The van der Waals surface area contributed by atoms with Gasteiger partial charge >= 0.3 is 0 Å². The lowest BCUT2D eigenvalue weighted by molar-refractivity contribution is 0.551. The first-order valence-electron chi connectivity index (χ1n) is 24.8. The molecule has 1 aliphatic heterocycles. The van der Waals surface area contributed by atoms with Crippen molar-refractivity contribution in [2.45, 2.75) is 50.4 Å². The molecule has 326 valence electrons. The first-order chi connectivity index (χ1) is 34.0. The van der Waals surface area contributed by atoms with E-state index >= 15 is 0 Å². The van der Waals surface area contributed by atoms with Crippen LogP contribution in [0.25, 0.3) is 105 Å². The van der Waals surface area contributed by atoms with Gasteiger partial charge in [0.05, 0.1) is 22.4 Å². The van der Waals surface area contributed by atoms with Crippen LogP contribution in [0, 0.1) is 0 Å². The summed E-state index contributed by atoms with van der Waals surface area (Å²) in [7, 11) is 0. The van der Waals surface area contributed by atoms with Crippen molar-refractivity contribution in [3.63, 3.8) is 0 Å². The molecule has 10 aromatic carbocycles. The number of hydrogen-bond donors (Lipinski definition) is 0. The Kier molecular flexibility index (Phi) is 7.31. The smallest absolute Gasteiger partial charge is 0.137 e. The predicted molar refractivity (Wildman–Crippen MR) is 287 cm³/mol. The number of furan rings is 1. The van der Waals surface area contributed by atoms with Crippen molar-refractivity contribution >= 4 is 71.6 Å². The van der Waals surface area contributed by atoms with Crippen molar-refractivity contribution in [3.8, 4) is 50.2 Å². The Hall–Kier alpha value is -8.14. The molecule has 12 aromatic rings. The Morgan fingerprint density at radius 2 is 1.17 bits per heavy atom. The summed E-state index contributed by atoms with van der Waals surface area (Å²) >= 11 is 0. The van der Waals surface area contributed by atoms with Crippen LogP contribution in [0.3, 0.4) is 0 Å². The molecule has 1 spiro atoms. The third-order valence-electron chi connectivity index (χ3n) is 17.0. The van der Waals surface area contributed by atoms with Crippen LogP contribution in [0.1, 0.15) is 61.8 Å². The number of fused-ring (bicyclic) bond motifs is 15. The summed E-state index contributed by atoms with van der Waals surface area (Å²) in [6, 6.07) is 73.3. The highest BCUT2D eigenvalue weighted by molar-refractivity contribution is 6.19. The molecule has 0 N–H and O–H groups in total. The lowest BCUT2D eigenvalue weighted by Gasteiger charge is -2.30. The highest BCUT2D eigenvalue weighted by Gasteiger charge is 2.49. The molecule has 3 aliphatic carbocycles. The molecule has 0 radical (unpaired) electrons. The standard InChI is InChI=1S/C66H46N2O/c1-65(2)52-18-7-3-17-51(52)60-53(65)19-13-22-57(60)67(43-28-29-48-47-16-6-10-23-58(47)69-59(48)38-43)42-27-26-39-24-25-40(36-41(39)37-42)44-30-31-49-45-14-4-8-20-55(45)68-56-21-9-5-15-46(56)50-32-33-54-62(64(50)68)61(49)63(44)66(54)34-11-12-35-66/h3-10,13-33,36-38H,11-12,34-35H2,1-2H3. The van der Waals surface area contributed by atoms with Crippen LogP contribution in [0.15, 0.2) is 199 Å². The van der Waals surface area contributed by atoms with E-state index in [1.54, 1.807) is 0 Å². The van der Waals surface area contributed by atoms with E-state index in [4.69, 9.17) is 4.42 Å². The average molecular weight is 883 g/mol. The van der Waals surface area contributed by atoms with Gasteiger partial charge in [0.15, 0.2) is 0 Å². The van der Waals surface area contributed by atoms with Crippen molar-refractivity contribution in [1.82, 2.24) is 4.57 Å². The molecule has 0 atom stereocenters. The summed E-state index contributed by atoms with van der Waals surface area (Å²) < 4.78 is 9.17. The fraction of sp³-hybridized carbons (Fsp3) is 0.121. The first kappa shape index (κ1) is 37.9. The van der Waals surface area contributed by atoms with Gasteiger partial charge in [0.25, 0.3) is 0 Å². The molecule has 0 amide bonds. The summed E-state index contributed by atoms with van der Waals surface area (Å²) in [5.74, 6) is 0. The summed E-state index contributed by atoms with van der Waals surface area (Å²) in [6.45, 7) is 4.74. The zero-order chi connectivity index (χ0) is 45.3. The van der Waals surface area contributed by atoms with E-state index in [1.807, 2.05) is 0 Å². The molecule has 3 heterocycles. The molecule has 16 rings (SSSR count). The normalized spacial score (nSPS) is 15.4. The lowest BCUT2D eigenvalue weighted by atomic mass is 9.73. The van der Waals surface area contributed by atoms with Crippen molar-refractivity contribution < 1.29 is 4.42 Å². The molecule has 0 saturated heterocycles. The molecule has 4 aliphatic rings. The Morgan fingerprint density at radius 1 is 0.464 bits per heavy atom. The number of benzene rings is 10. The van der Waals surface area contributed by atoms with Crippen molar-refractivity contribution in [1.29, 1.82) is 0 Å². The highest BCUT2D eigenvalue weighted by Crippen LogP contribution is 2.65. The van der Waals surface area contributed by atoms with Crippen LogP contribution in [-0.4, -0.2) is 4.57 Å². The van der Waals surface area contributed by atoms with Gasteiger partial charge < -0.3 is 13.9 Å². The van der Waals surface area contributed by atoms with Gasteiger partial charge in [-0.25, -0.2) is 0 Å². The van der Waals surface area contributed by atoms with Crippen LogP contribution in [-0.2, 0) is 10.8 Å². The SMILES string of the molecule is CC1(C)c2ccccc2-c2c(N(c3ccc4ccc(-c5ccc6c7c5C5(CCCC5)c5ccc8c9ccccc9n(c8c5-7)-c5ccccc5-6)cc4c3)c3ccc4c(c3)oc3ccccc34)cccc21. The number of anilines is 3. The van der Waals surface area contributed by atoms with Gasteiger partial charge in [0, 0.05) is 66.5 Å². The van der Waals surface area contributed by atoms with Crippen LogP contribution < -0.4 is 4.90 Å². The molecule has 3 nitrogen and oxygen atoms in total. The summed E-state index contributed by atoms with van der Waals surface area (Å²) in [5.41, 5.74) is 25.4. The van der Waals surface area contributed by atoms with Gasteiger partial charge in [-0.2, -0.15) is 0 Å². The van der Waals surface area contributed by atoms with Crippen LogP contribution in [0.4, 0.5) is 17.1 Å². The van der Waals surface area contributed by atoms with E-state index < -0.39 is 0 Å². The first-order valence-corrected chi connectivity index (χ1v) is 24.8. The maximum absolute atomic E-state index is 6.58. The Labute approximate surface area is 400 Å². The second kappa shape index (κ2) is 13.3. The zero-order valence-corrected chi connectivity index (χ0v) is 38.6. The molecule has 1 fully saturated rings. The second-order valence-corrected chi connectivity index (χ2v) is 20.7. The zero-order valence-electron chi connectivity index (χ0n) is 38.6. The van der Waals surface area contributed by atoms with Crippen molar-refractivity contribution in [2.24, 2.45) is 0 Å². The molecule has 2 aromatic heterocycles. The molecular weight excluding hydrogens is 837 g/mol. The maximum Gasteiger partial charge on any atom is 0.137 e. The highest BCUT2D eigenvalue weighted by atomic mass is 16.3. The van der Waals surface area contributed by atoms with E-state index in [1.165, 1.54) is 136 Å². The third kappa shape index (κ3) is 4.82. The van der Waals surface area contributed by atoms with E-state index in [9.17, 15) is 0 Å². The third-order valence-corrected chi connectivity index (χ3v) is 17.0. The second-order valence-electron chi connectivity index (χ2n) is 20.7. The quantitative estimate of drug-likeness (QED) is 0.176. The largest absolute Gasteiger partial charge is 0.456 e. The monoisotopic (exact) mass is 882 g/mol. The summed E-state index contributed by atoms with van der Waals surface area (Å²) in [5, 5.41) is 7.38. The van der Waals surface area contributed by atoms with Crippen LogP contribution in [0.2, 0.25) is 0 Å². The summed E-state index contributed by atoms with van der Waals surface area (Å²) in [6.07, 6.45) is 4.81. The van der Waals surface area contributed by atoms with Crippen LogP contribution in [0.5, 0.6) is 0 Å². The number of hydrogen-bond acceptors (Lipinski definition) is 2. The molecule has 1 saturated carbocycles. The number of rotatable bonds is 4. The fourth-order valence-corrected chi connectivity index (χ4v) is 14.1. The van der Waals surface area contributed by atoms with Gasteiger partial charge in [-0.05, 0) is 128 Å². The minimum Gasteiger partial charge on any atom is -0.456 e. The van der Waals surface area contributed by atoms with Gasteiger partial charge in [0.1, 0.15) is 11.2 Å². The number of aromatic nitrogens is 1. The van der Waals surface area contributed by atoms with E-state index in [0.29, 0.717) is 0 Å². The predicted octanol–water partition coefficient (Wildman–Crippen LogP) is 18.1. The molecule has 3 heteroatoms. The Balaban J connectivity index is 0.932. The number of nitrogens with zero attached hydrogens (tertiary/aromatic N) is 2. The molecule has 0 unspecified atom stereocenters. The fourth-order valence-electron chi connectivity index (χ4n) is 14.1. The molecular formula is C66H46N2O. The lowest BCUT2D eigenvalue weighted by Crippen LogP contribution is -2.21. The topological polar surface area (TPSA) is 21.3 Å². The van der Waals surface area contributed by atoms with E-state index in [-0.39, 0.29) is 10.8 Å². The van der Waals surface area contributed by atoms with Crippen molar-refractivity contribution in [2.75, 3.05) is 4.90 Å². The van der Waals surface area contributed by atoms with Gasteiger partial charge in [0.2, 0.25) is 0 Å². The minimum absolute atomic E-state index is 0.0432.